The molecule has 5 heavy (non-hydrogen) atoms. The van der Waals surface area contributed by atoms with Crippen LogP contribution in [0.2, 0.25) is 0 Å². The first-order valence-corrected chi connectivity index (χ1v) is 2.41. The summed E-state index contributed by atoms with van der Waals surface area (Å²) in [5.41, 5.74) is 0. The highest BCUT2D eigenvalue weighted by Gasteiger charge is 1.67. The maximum absolute atomic E-state index is 4.73. The Hall–Kier alpha value is 0.580. The van der Waals surface area contributed by atoms with E-state index in [0.29, 0.717) is 0 Å². The van der Waals surface area contributed by atoms with Crippen molar-refractivity contribution in [3.8, 4) is 0 Å². The van der Waals surface area contributed by atoms with Gasteiger partial charge in [0.2, 0.25) is 0 Å². The smallest absolute Gasteiger partial charge is 0.0921 e. The molecule has 0 aliphatic heterocycles. The lowest BCUT2D eigenvalue weighted by molar-refractivity contribution is 0.761. The van der Waals surface area contributed by atoms with Crippen LogP contribution in [0.5, 0.6) is 0 Å². The molecule has 0 amide bonds. The zero-order valence-corrected chi connectivity index (χ0v) is 4.01. The lowest BCUT2D eigenvalue weighted by Crippen LogP contribution is -1.80. The van der Waals surface area contributed by atoms with Gasteiger partial charge >= 0.3 is 0 Å². The van der Waals surface area contributed by atoms with E-state index in [4.69, 9.17) is 10.3 Å². The average molecular weight is 112 g/mol. The molecular formula is H4N2OS2. The highest BCUT2D eigenvalue weighted by Crippen LogP contribution is 1.97. The molecule has 0 saturated carbocycles. The third-order valence-corrected chi connectivity index (χ3v) is 0.707. The van der Waals surface area contributed by atoms with E-state index in [2.05, 4.69) is 3.63 Å². The second-order valence-corrected chi connectivity index (χ2v) is 1.19. The third-order valence-electron chi connectivity index (χ3n) is 0.0786. The SMILES string of the molecule is NSOSN. The molecule has 0 spiro atoms. The van der Waals surface area contributed by atoms with Crippen molar-refractivity contribution in [3.63, 3.8) is 0 Å². The lowest BCUT2D eigenvalue weighted by Gasteiger charge is -1.81. The standard InChI is InChI=1S/H4N2OS2/c1-4-3-5-2/h1-2H2. The summed E-state index contributed by atoms with van der Waals surface area (Å²) < 4.78 is 4.22. The van der Waals surface area contributed by atoms with Gasteiger partial charge in [0, 0.05) is 0 Å². The van der Waals surface area contributed by atoms with Crippen LogP contribution in [-0.4, -0.2) is 0 Å². The van der Waals surface area contributed by atoms with Crippen LogP contribution in [0.3, 0.4) is 0 Å². The average Bonchev–Trinajstić information content (AvgIpc) is 1.41. The summed E-state index contributed by atoms with van der Waals surface area (Å²) in [6.07, 6.45) is 0. The van der Waals surface area contributed by atoms with Gasteiger partial charge in [-0.05, 0) is 0 Å². The summed E-state index contributed by atoms with van der Waals surface area (Å²) in [5, 5.41) is 9.47. The molecule has 0 radical (unpaired) electrons. The highest BCUT2D eigenvalue weighted by atomic mass is 32.2. The molecule has 0 fully saturated rings. The Bertz CT molecular complexity index is 15.1. The molecule has 3 nitrogen and oxygen atoms in total. The number of hydrogen-bond acceptors (Lipinski definition) is 5. The predicted molar refractivity (Wildman–Crippen MR) is 24.6 cm³/mol. The lowest BCUT2D eigenvalue weighted by atomic mass is 13.9. The summed E-state index contributed by atoms with van der Waals surface area (Å²) in [6.45, 7) is 0. The Balaban J connectivity index is 2.19. The molecular weight excluding hydrogens is 108 g/mol. The third kappa shape index (κ3) is 4.58. The molecule has 0 aliphatic carbocycles. The van der Waals surface area contributed by atoms with Crippen LogP contribution in [0, 0.1) is 0 Å². The maximum atomic E-state index is 4.73. The quantitative estimate of drug-likeness (QED) is 0.390. The summed E-state index contributed by atoms with van der Waals surface area (Å²) in [5.74, 6) is 0. The van der Waals surface area contributed by atoms with E-state index in [1.165, 1.54) is 0 Å². The van der Waals surface area contributed by atoms with Gasteiger partial charge in [0.25, 0.3) is 0 Å². The molecule has 0 aliphatic rings. The number of rotatable bonds is 2. The van der Waals surface area contributed by atoms with Gasteiger partial charge < -0.3 is 0 Å². The van der Waals surface area contributed by atoms with Gasteiger partial charge in [-0.2, -0.15) is 0 Å². The topological polar surface area (TPSA) is 61.3 Å². The van der Waals surface area contributed by atoms with E-state index in [9.17, 15) is 0 Å². The zero-order chi connectivity index (χ0) is 4.12. The molecule has 4 N–H and O–H groups in total. The highest BCUT2D eigenvalue weighted by molar-refractivity contribution is 8.05. The molecule has 0 saturated heterocycles. The molecule has 0 aromatic heterocycles. The van der Waals surface area contributed by atoms with Gasteiger partial charge in [-0.1, -0.05) is 0 Å². The molecule has 5 heteroatoms. The molecule has 0 aromatic rings. The minimum Gasteiger partial charge on any atom is -0.253 e. The van der Waals surface area contributed by atoms with Gasteiger partial charge in [-0.25, -0.2) is 3.63 Å². The van der Waals surface area contributed by atoms with E-state index in [-0.39, 0.29) is 0 Å². The Morgan fingerprint density at radius 1 is 1.20 bits per heavy atom. The van der Waals surface area contributed by atoms with Gasteiger partial charge in [0.05, 0.1) is 24.5 Å². The van der Waals surface area contributed by atoms with E-state index < -0.39 is 0 Å². The Morgan fingerprint density at radius 2 is 1.60 bits per heavy atom. The molecule has 0 bridgehead atoms. The van der Waals surface area contributed by atoms with Gasteiger partial charge in [0.1, 0.15) is 0 Å². The Labute approximate surface area is 39.1 Å². The normalized spacial score (nSPS) is 8.40. The fourth-order valence-electron chi connectivity index (χ4n) is 0.0227. The van der Waals surface area contributed by atoms with Gasteiger partial charge in [-0.15, -0.1) is 0 Å². The number of nitrogens with two attached hydrogens (primary N) is 2. The maximum Gasteiger partial charge on any atom is 0.0921 e. The summed E-state index contributed by atoms with van der Waals surface area (Å²) >= 11 is 1.48. The van der Waals surface area contributed by atoms with E-state index in [1.807, 2.05) is 0 Å². The van der Waals surface area contributed by atoms with E-state index >= 15 is 0 Å². The van der Waals surface area contributed by atoms with Crippen LogP contribution in [0.1, 0.15) is 0 Å². The van der Waals surface area contributed by atoms with Crippen LogP contribution in [0.15, 0.2) is 0 Å². The van der Waals surface area contributed by atoms with Crippen LogP contribution in [-0.2, 0) is 3.63 Å². The first-order chi connectivity index (χ1) is 2.41. The molecule has 0 rings (SSSR count). The molecule has 0 heterocycles. The van der Waals surface area contributed by atoms with E-state index in [0.717, 1.165) is 24.5 Å². The fraction of sp³-hybridized carbons (Fsp3) is 0. The van der Waals surface area contributed by atoms with E-state index in [1.54, 1.807) is 0 Å². The largest absolute Gasteiger partial charge is 0.253 e. The molecule has 0 unspecified atom stereocenters. The molecule has 32 valence electrons. The van der Waals surface area contributed by atoms with Gasteiger partial charge in [0.15, 0.2) is 0 Å². The Morgan fingerprint density at radius 3 is 1.60 bits per heavy atom. The van der Waals surface area contributed by atoms with Crippen LogP contribution < -0.4 is 10.3 Å². The summed E-state index contributed by atoms with van der Waals surface area (Å²) in [7, 11) is 0. The minimum atomic E-state index is 0.740. The van der Waals surface area contributed by atoms with Crippen molar-refractivity contribution < 1.29 is 3.63 Å². The van der Waals surface area contributed by atoms with Crippen LogP contribution >= 0.6 is 24.5 Å². The van der Waals surface area contributed by atoms with Crippen molar-refractivity contribution in [1.82, 2.24) is 0 Å². The first kappa shape index (κ1) is 5.58. The second-order valence-electron chi connectivity index (χ2n) is 0.260. The van der Waals surface area contributed by atoms with Crippen LogP contribution in [0.25, 0.3) is 0 Å². The predicted octanol–water partition coefficient (Wildman–Crippen LogP) is 0.0468. The van der Waals surface area contributed by atoms with Crippen molar-refractivity contribution in [3.05, 3.63) is 0 Å². The monoisotopic (exact) mass is 112 g/mol. The number of hydrogen-bond donors (Lipinski definition) is 2. The van der Waals surface area contributed by atoms with Crippen molar-refractivity contribution in [2.75, 3.05) is 0 Å². The second kappa shape index (κ2) is 4.58. The van der Waals surface area contributed by atoms with Crippen molar-refractivity contribution >= 4 is 24.5 Å². The van der Waals surface area contributed by atoms with Crippen molar-refractivity contribution in [2.45, 2.75) is 0 Å². The minimum absolute atomic E-state index is 0.740. The van der Waals surface area contributed by atoms with Crippen molar-refractivity contribution in [2.24, 2.45) is 10.3 Å². The zero-order valence-electron chi connectivity index (χ0n) is 2.38. The molecule has 0 aromatic carbocycles. The summed E-state index contributed by atoms with van der Waals surface area (Å²) in [4.78, 5) is 0. The van der Waals surface area contributed by atoms with Crippen molar-refractivity contribution in [1.29, 1.82) is 0 Å². The summed E-state index contributed by atoms with van der Waals surface area (Å²) in [6, 6.07) is 0. The first-order valence-electron chi connectivity index (χ1n) is 0.805. The fourth-order valence-corrected chi connectivity index (χ4v) is 0.204. The molecule has 0 atom stereocenters. The van der Waals surface area contributed by atoms with Gasteiger partial charge in [-0.3, -0.25) is 10.3 Å². The Kier molecular flexibility index (Phi) is 5.11. The van der Waals surface area contributed by atoms with Crippen LogP contribution in [0.4, 0.5) is 0 Å².